The molecule has 23 heavy (non-hydrogen) atoms. The normalized spacial score (nSPS) is 19.2. The summed E-state index contributed by atoms with van der Waals surface area (Å²) in [6, 6.07) is 13.4. The highest BCUT2D eigenvalue weighted by molar-refractivity contribution is 6.01. The third kappa shape index (κ3) is 3.07. The maximum absolute atomic E-state index is 12.3. The third-order valence-corrected chi connectivity index (χ3v) is 3.85. The van der Waals surface area contributed by atoms with Crippen LogP contribution < -0.4 is 4.90 Å². The van der Waals surface area contributed by atoms with Crippen LogP contribution >= 0.6 is 0 Å². The maximum atomic E-state index is 12.3. The number of carbonyl (C=O) groups is 1. The molecule has 0 aliphatic carbocycles. The van der Waals surface area contributed by atoms with E-state index in [0.717, 1.165) is 11.3 Å². The molecule has 1 saturated heterocycles. The second-order valence-electron chi connectivity index (χ2n) is 5.63. The van der Waals surface area contributed by atoms with Gasteiger partial charge in [0.05, 0.1) is 4.92 Å². The molecule has 6 heteroatoms. The standard InChI is InChI=1S/C17H16N2O4/c1-18(2)13-7-5-12(6-8-13)16-17(23-16)15(20)11-3-9-14(10-4-11)19(21)22/h3-10,16-17H,1-2H3/t16-,17-/m1/s1. The lowest BCUT2D eigenvalue weighted by molar-refractivity contribution is -0.384. The van der Waals surface area contributed by atoms with Crippen molar-refractivity contribution in [1.82, 2.24) is 0 Å². The number of benzene rings is 2. The number of ether oxygens (including phenoxy) is 1. The molecule has 0 saturated carbocycles. The van der Waals surface area contributed by atoms with Crippen molar-refractivity contribution in [3.05, 3.63) is 69.8 Å². The first-order valence-corrected chi connectivity index (χ1v) is 7.19. The molecule has 6 nitrogen and oxygen atoms in total. The van der Waals surface area contributed by atoms with E-state index < -0.39 is 11.0 Å². The summed E-state index contributed by atoms with van der Waals surface area (Å²) in [7, 11) is 3.92. The van der Waals surface area contributed by atoms with Crippen LogP contribution in [0.5, 0.6) is 0 Å². The van der Waals surface area contributed by atoms with E-state index in [-0.39, 0.29) is 17.6 Å². The Balaban J connectivity index is 1.69. The number of anilines is 1. The van der Waals surface area contributed by atoms with Crippen LogP contribution in [0.15, 0.2) is 48.5 Å². The molecule has 1 heterocycles. The first kappa shape index (κ1) is 15.2. The van der Waals surface area contributed by atoms with Gasteiger partial charge in [-0.25, -0.2) is 0 Å². The first-order chi connectivity index (χ1) is 11.0. The highest BCUT2D eigenvalue weighted by Crippen LogP contribution is 2.41. The molecule has 0 spiro atoms. The second kappa shape index (κ2) is 5.81. The van der Waals surface area contributed by atoms with E-state index in [1.54, 1.807) is 0 Å². The highest BCUT2D eigenvalue weighted by atomic mass is 16.6. The summed E-state index contributed by atoms with van der Waals surface area (Å²) >= 11 is 0. The van der Waals surface area contributed by atoms with E-state index in [2.05, 4.69) is 0 Å². The van der Waals surface area contributed by atoms with Gasteiger partial charge < -0.3 is 9.64 Å². The molecule has 1 aliphatic heterocycles. The predicted molar refractivity (Wildman–Crippen MR) is 85.8 cm³/mol. The predicted octanol–water partition coefficient (Wildman–Crippen LogP) is 2.98. The molecule has 0 aromatic heterocycles. The quantitative estimate of drug-likeness (QED) is 0.367. The summed E-state index contributed by atoms with van der Waals surface area (Å²) in [6.45, 7) is 0. The van der Waals surface area contributed by atoms with Gasteiger partial charge in [-0.15, -0.1) is 0 Å². The van der Waals surface area contributed by atoms with Crippen LogP contribution in [0.2, 0.25) is 0 Å². The SMILES string of the molecule is CN(C)c1ccc([C@H]2O[C@@H]2C(=O)c2ccc([N+](=O)[O-])cc2)cc1. The number of ketones is 1. The minimum absolute atomic E-state index is 0.0333. The van der Waals surface area contributed by atoms with Gasteiger partial charge in [-0.05, 0) is 29.8 Å². The molecule has 0 bridgehead atoms. The number of non-ortho nitro benzene ring substituents is 1. The Kier molecular flexibility index (Phi) is 3.83. The van der Waals surface area contributed by atoms with Gasteiger partial charge in [0.2, 0.25) is 0 Å². The van der Waals surface area contributed by atoms with Crippen molar-refractivity contribution in [3.8, 4) is 0 Å². The summed E-state index contributed by atoms with van der Waals surface area (Å²) < 4.78 is 5.50. The molecule has 2 atom stereocenters. The van der Waals surface area contributed by atoms with E-state index >= 15 is 0 Å². The molecular weight excluding hydrogens is 296 g/mol. The largest absolute Gasteiger partial charge is 0.378 e. The van der Waals surface area contributed by atoms with E-state index in [0.29, 0.717) is 5.56 Å². The van der Waals surface area contributed by atoms with Crippen LogP contribution in [0, 0.1) is 10.1 Å². The number of rotatable bonds is 5. The lowest BCUT2D eigenvalue weighted by Gasteiger charge is -2.12. The average molecular weight is 312 g/mol. The fraction of sp³-hybridized carbons (Fsp3) is 0.235. The molecule has 3 rings (SSSR count). The monoisotopic (exact) mass is 312 g/mol. The topological polar surface area (TPSA) is 76.0 Å². The third-order valence-electron chi connectivity index (χ3n) is 3.85. The number of epoxide rings is 1. The van der Waals surface area contributed by atoms with Gasteiger partial charge in [0, 0.05) is 37.5 Å². The summed E-state index contributed by atoms with van der Waals surface area (Å²) in [4.78, 5) is 24.5. The van der Waals surface area contributed by atoms with Crippen LogP contribution in [0.25, 0.3) is 0 Å². The molecule has 0 N–H and O–H groups in total. The number of nitrogens with zero attached hydrogens (tertiary/aromatic N) is 2. The zero-order valence-corrected chi connectivity index (χ0v) is 12.8. The van der Waals surface area contributed by atoms with Crippen molar-refractivity contribution in [2.24, 2.45) is 0 Å². The van der Waals surface area contributed by atoms with Crippen LogP contribution in [-0.4, -0.2) is 30.9 Å². The Bertz CT molecular complexity index is 738. The molecule has 0 amide bonds. The van der Waals surface area contributed by atoms with Gasteiger partial charge in [-0.2, -0.15) is 0 Å². The molecule has 0 unspecified atom stereocenters. The Morgan fingerprint density at radius 1 is 1.09 bits per heavy atom. The van der Waals surface area contributed by atoms with Crippen LogP contribution in [-0.2, 0) is 4.74 Å². The lowest BCUT2D eigenvalue weighted by atomic mass is 10.0. The number of hydrogen-bond acceptors (Lipinski definition) is 5. The van der Waals surface area contributed by atoms with Gasteiger partial charge in [0.25, 0.3) is 5.69 Å². The molecule has 0 radical (unpaired) electrons. The Morgan fingerprint density at radius 3 is 2.22 bits per heavy atom. The second-order valence-corrected chi connectivity index (χ2v) is 5.63. The summed E-state index contributed by atoms with van der Waals surface area (Å²) in [6.07, 6.45) is -0.754. The van der Waals surface area contributed by atoms with Crippen molar-refractivity contribution >= 4 is 17.2 Å². The molecular formula is C17H16N2O4. The van der Waals surface area contributed by atoms with Crippen molar-refractivity contribution in [2.75, 3.05) is 19.0 Å². The van der Waals surface area contributed by atoms with Crippen LogP contribution in [0.1, 0.15) is 22.0 Å². The average Bonchev–Trinajstić information content (AvgIpc) is 3.35. The summed E-state index contributed by atoms with van der Waals surface area (Å²) in [5, 5.41) is 10.6. The molecule has 1 aliphatic rings. The van der Waals surface area contributed by atoms with Gasteiger partial charge >= 0.3 is 0 Å². The van der Waals surface area contributed by atoms with E-state index in [1.165, 1.54) is 24.3 Å². The number of hydrogen-bond donors (Lipinski definition) is 0. The van der Waals surface area contributed by atoms with Gasteiger partial charge in [0.15, 0.2) is 11.9 Å². The summed E-state index contributed by atoms with van der Waals surface area (Å²) in [5.74, 6) is -0.151. The van der Waals surface area contributed by atoms with Crippen LogP contribution in [0.3, 0.4) is 0 Å². The summed E-state index contributed by atoms with van der Waals surface area (Å²) in [5.41, 5.74) is 2.42. The highest BCUT2D eigenvalue weighted by Gasteiger charge is 2.46. The fourth-order valence-corrected chi connectivity index (χ4v) is 2.44. The van der Waals surface area contributed by atoms with E-state index in [9.17, 15) is 14.9 Å². The molecule has 1 fully saturated rings. The molecule has 2 aromatic rings. The number of nitro benzene ring substituents is 1. The minimum Gasteiger partial charge on any atom is -0.378 e. The number of carbonyl (C=O) groups excluding carboxylic acids is 1. The fourth-order valence-electron chi connectivity index (χ4n) is 2.44. The molecule has 118 valence electrons. The molecule has 2 aromatic carbocycles. The van der Waals surface area contributed by atoms with Crippen molar-refractivity contribution in [3.63, 3.8) is 0 Å². The first-order valence-electron chi connectivity index (χ1n) is 7.19. The maximum Gasteiger partial charge on any atom is 0.269 e. The van der Waals surface area contributed by atoms with Crippen LogP contribution in [0.4, 0.5) is 11.4 Å². The van der Waals surface area contributed by atoms with Crippen molar-refractivity contribution in [1.29, 1.82) is 0 Å². The Hall–Kier alpha value is -2.73. The van der Waals surface area contributed by atoms with E-state index in [1.807, 2.05) is 43.3 Å². The van der Waals surface area contributed by atoms with Crippen molar-refractivity contribution < 1.29 is 14.5 Å². The Labute approximate surface area is 133 Å². The minimum atomic E-state index is -0.512. The van der Waals surface area contributed by atoms with Gasteiger partial charge in [0.1, 0.15) is 6.10 Å². The number of Topliss-reactive ketones (excluding diaryl/α,β-unsaturated/α-hetero) is 1. The zero-order chi connectivity index (χ0) is 16.6. The van der Waals surface area contributed by atoms with Crippen molar-refractivity contribution in [2.45, 2.75) is 12.2 Å². The van der Waals surface area contributed by atoms with Gasteiger partial charge in [-0.1, -0.05) is 12.1 Å². The Morgan fingerprint density at radius 2 is 1.70 bits per heavy atom. The smallest absolute Gasteiger partial charge is 0.269 e. The van der Waals surface area contributed by atoms with E-state index in [4.69, 9.17) is 4.74 Å². The zero-order valence-electron chi connectivity index (χ0n) is 12.8. The number of nitro groups is 1. The van der Waals surface area contributed by atoms with Gasteiger partial charge in [-0.3, -0.25) is 14.9 Å². The lowest BCUT2D eigenvalue weighted by Crippen LogP contribution is -2.09.